The number of carbonyl (C=O) groups is 1. The summed E-state index contributed by atoms with van der Waals surface area (Å²) >= 11 is 5.93. The summed E-state index contributed by atoms with van der Waals surface area (Å²) < 4.78 is 32.8. The second kappa shape index (κ2) is 10.8. The number of anilines is 1. The van der Waals surface area contributed by atoms with E-state index >= 15 is 0 Å². The van der Waals surface area contributed by atoms with Crippen LogP contribution < -0.4 is 14.5 Å². The highest BCUT2D eigenvalue weighted by atomic mass is 35.5. The van der Waals surface area contributed by atoms with Crippen LogP contribution in [0, 0.1) is 0 Å². The quantitative estimate of drug-likeness (QED) is 0.376. The van der Waals surface area contributed by atoms with Crippen molar-refractivity contribution in [2.75, 3.05) is 17.5 Å². The lowest BCUT2D eigenvalue weighted by molar-refractivity contribution is -0.119. The number of sulfonamides is 1. The summed E-state index contributed by atoms with van der Waals surface area (Å²) in [5.41, 5.74) is 3.43. The van der Waals surface area contributed by atoms with E-state index in [-0.39, 0.29) is 4.90 Å². The summed E-state index contributed by atoms with van der Waals surface area (Å²) in [7, 11) is -3.99. The van der Waals surface area contributed by atoms with Crippen molar-refractivity contribution in [3.05, 3.63) is 89.4 Å². The first-order valence-corrected chi connectivity index (χ1v) is 11.6. The van der Waals surface area contributed by atoms with Crippen LogP contribution in [0.1, 0.15) is 12.5 Å². The zero-order chi connectivity index (χ0) is 23.0. The molecule has 3 rings (SSSR count). The molecule has 0 radical (unpaired) electrons. The molecule has 3 aromatic carbocycles. The minimum absolute atomic E-state index is 0.0700. The van der Waals surface area contributed by atoms with Gasteiger partial charge in [-0.15, -0.1) is 0 Å². The number of halogens is 1. The smallest absolute Gasteiger partial charge is 0.264 e. The monoisotopic (exact) mass is 471 g/mol. The fraction of sp³-hybridized carbons (Fsp3) is 0.130. The molecule has 0 aliphatic heterocycles. The molecule has 0 saturated carbocycles. The average molecular weight is 472 g/mol. The molecule has 0 spiro atoms. The second-order valence-corrected chi connectivity index (χ2v) is 8.90. The van der Waals surface area contributed by atoms with Crippen LogP contribution in [0.4, 0.5) is 5.69 Å². The molecule has 0 aliphatic carbocycles. The number of rotatable bonds is 9. The molecular weight excluding hydrogens is 450 g/mol. The van der Waals surface area contributed by atoms with Gasteiger partial charge in [-0.25, -0.2) is 13.8 Å². The van der Waals surface area contributed by atoms with Crippen LogP contribution in [0.3, 0.4) is 0 Å². The lowest BCUT2D eigenvalue weighted by Crippen LogP contribution is -2.39. The maximum absolute atomic E-state index is 13.2. The van der Waals surface area contributed by atoms with Crippen LogP contribution in [-0.4, -0.2) is 33.7 Å². The average Bonchev–Trinajstić information content (AvgIpc) is 2.80. The number of nitrogens with one attached hydrogen (secondary N) is 1. The number of benzene rings is 3. The van der Waals surface area contributed by atoms with Crippen molar-refractivity contribution in [3.63, 3.8) is 0 Å². The zero-order valence-corrected chi connectivity index (χ0v) is 18.9. The Kier molecular flexibility index (Phi) is 7.86. The van der Waals surface area contributed by atoms with Gasteiger partial charge in [-0.2, -0.15) is 5.10 Å². The normalized spacial score (nSPS) is 11.3. The molecule has 0 atom stereocenters. The Labute approximate surface area is 192 Å². The minimum atomic E-state index is -3.99. The van der Waals surface area contributed by atoms with Crippen molar-refractivity contribution in [2.45, 2.75) is 11.8 Å². The molecule has 0 heterocycles. The van der Waals surface area contributed by atoms with Crippen LogP contribution in [0.25, 0.3) is 0 Å². The van der Waals surface area contributed by atoms with E-state index in [1.165, 1.54) is 18.3 Å². The third-order valence-electron chi connectivity index (χ3n) is 4.33. The molecule has 0 fully saturated rings. The molecule has 1 amide bonds. The van der Waals surface area contributed by atoms with Crippen molar-refractivity contribution in [2.24, 2.45) is 5.10 Å². The molecule has 1 N–H and O–H groups in total. The van der Waals surface area contributed by atoms with Gasteiger partial charge in [0.25, 0.3) is 15.9 Å². The Morgan fingerprint density at radius 2 is 1.69 bits per heavy atom. The second-order valence-electron chi connectivity index (χ2n) is 6.60. The Balaban J connectivity index is 1.75. The van der Waals surface area contributed by atoms with Gasteiger partial charge in [0, 0.05) is 5.02 Å². The summed E-state index contributed by atoms with van der Waals surface area (Å²) in [6.45, 7) is 2.01. The number of carbonyl (C=O) groups excluding carboxylic acids is 1. The summed E-state index contributed by atoms with van der Waals surface area (Å²) in [5, 5.41) is 4.38. The van der Waals surface area contributed by atoms with Gasteiger partial charge >= 0.3 is 0 Å². The minimum Gasteiger partial charge on any atom is -0.494 e. The van der Waals surface area contributed by atoms with Crippen molar-refractivity contribution in [1.82, 2.24) is 5.43 Å². The first kappa shape index (κ1) is 23.3. The van der Waals surface area contributed by atoms with Crippen LogP contribution >= 0.6 is 11.6 Å². The number of hydrogen-bond acceptors (Lipinski definition) is 5. The summed E-state index contributed by atoms with van der Waals surface area (Å²) in [6, 6.07) is 21.3. The SMILES string of the molecule is CCOc1ccc(/C=N\NC(=O)CN(c2ccc(Cl)cc2)S(=O)(=O)c2ccccc2)cc1. The van der Waals surface area contributed by atoms with Gasteiger partial charge < -0.3 is 4.74 Å². The molecule has 3 aromatic rings. The van der Waals surface area contributed by atoms with E-state index in [1.807, 2.05) is 6.92 Å². The Hall–Kier alpha value is -3.36. The van der Waals surface area contributed by atoms with Gasteiger partial charge in [0.15, 0.2) is 0 Å². The Morgan fingerprint density at radius 3 is 2.31 bits per heavy atom. The van der Waals surface area contributed by atoms with Crippen molar-refractivity contribution < 1.29 is 17.9 Å². The van der Waals surface area contributed by atoms with E-state index in [2.05, 4.69) is 10.5 Å². The first-order valence-electron chi connectivity index (χ1n) is 9.78. The number of ether oxygens (including phenoxy) is 1. The number of hydrogen-bond donors (Lipinski definition) is 1. The van der Waals surface area contributed by atoms with E-state index < -0.39 is 22.5 Å². The fourth-order valence-corrected chi connectivity index (χ4v) is 4.37. The fourth-order valence-electron chi connectivity index (χ4n) is 2.80. The van der Waals surface area contributed by atoms with E-state index in [1.54, 1.807) is 66.7 Å². The van der Waals surface area contributed by atoms with E-state index in [9.17, 15) is 13.2 Å². The molecular formula is C23H22ClN3O4S. The molecule has 9 heteroatoms. The largest absolute Gasteiger partial charge is 0.494 e. The Morgan fingerprint density at radius 1 is 1.03 bits per heavy atom. The number of amides is 1. The predicted molar refractivity (Wildman–Crippen MR) is 126 cm³/mol. The maximum Gasteiger partial charge on any atom is 0.264 e. The molecule has 0 saturated heterocycles. The standard InChI is InChI=1S/C23H22ClN3O4S/c1-2-31-21-14-8-18(9-15-21)16-25-26-23(28)17-27(20-12-10-19(24)11-13-20)32(29,30)22-6-4-3-5-7-22/h3-16H,2,17H2,1H3,(H,26,28)/b25-16-. The van der Waals surface area contributed by atoms with Crippen molar-refractivity contribution >= 4 is 39.4 Å². The zero-order valence-electron chi connectivity index (χ0n) is 17.3. The molecule has 0 unspecified atom stereocenters. The van der Waals surface area contributed by atoms with E-state index in [0.717, 1.165) is 15.6 Å². The van der Waals surface area contributed by atoms with Gasteiger partial charge in [0.2, 0.25) is 0 Å². The molecule has 0 aromatic heterocycles. The molecule has 32 heavy (non-hydrogen) atoms. The van der Waals surface area contributed by atoms with Crippen LogP contribution in [0.5, 0.6) is 5.75 Å². The van der Waals surface area contributed by atoms with Gasteiger partial charge in [-0.1, -0.05) is 29.8 Å². The van der Waals surface area contributed by atoms with Gasteiger partial charge in [-0.3, -0.25) is 9.10 Å². The lowest BCUT2D eigenvalue weighted by Gasteiger charge is -2.23. The molecule has 0 aliphatic rings. The highest BCUT2D eigenvalue weighted by molar-refractivity contribution is 7.92. The van der Waals surface area contributed by atoms with Gasteiger partial charge in [0.1, 0.15) is 12.3 Å². The topological polar surface area (TPSA) is 88.1 Å². The van der Waals surface area contributed by atoms with E-state index in [0.29, 0.717) is 17.3 Å². The predicted octanol–water partition coefficient (Wildman–Crippen LogP) is 4.08. The lowest BCUT2D eigenvalue weighted by atomic mass is 10.2. The summed E-state index contributed by atoms with van der Waals surface area (Å²) in [6.07, 6.45) is 1.46. The van der Waals surface area contributed by atoms with E-state index in [4.69, 9.17) is 16.3 Å². The summed E-state index contributed by atoms with van der Waals surface area (Å²) in [5.74, 6) is 0.139. The van der Waals surface area contributed by atoms with Gasteiger partial charge in [-0.05, 0) is 73.2 Å². The van der Waals surface area contributed by atoms with Gasteiger partial charge in [0.05, 0.1) is 23.4 Å². The maximum atomic E-state index is 13.2. The first-order chi connectivity index (χ1) is 15.4. The highest BCUT2D eigenvalue weighted by Crippen LogP contribution is 2.25. The number of hydrazone groups is 1. The van der Waals surface area contributed by atoms with Crippen molar-refractivity contribution in [1.29, 1.82) is 0 Å². The van der Waals surface area contributed by atoms with Crippen molar-refractivity contribution in [3.8, 4) is 5.75 Å². The van der Waals surface area contributed by atoms with Crippen LogP contribution in [0.2, 0.25) is 5.02 Å². The van der Waals surface area contributed by atoms with Crippen LogP contribution in [-0.2, 0) is 14.8 Å². The third kappa shape index (κ3) is 6.09. The molecule has 7 nitrogen and oxygen atoms in total. The Bertz CT molecular complexity index is 1170. The highest BCUT2D eigenvalue weighted by Gasteiger charge is 2.27. The number of nitrogens with zero attached hydrogens (tertiary/aromatic N) is 2. The van der Waals surface area contributed by atoms with Crippen LogP contribution in [0.15, 0.2) is 88.9 Å². The summed E-state index contributed by atoms with van der Waals surface area (Å²) in [4.78, 5) is 12.6. The molecule has 0 bridgehead atoms. The third-order valence-corrected chi connectivity index (χ3v) is 6.37. The molecule has 166 valence electrons.